The van der Waals surface area contributed by atoms with E-state index in [2.05, 4.69) is 166 Å². The Balaban J connectivity index is 0.866. The van der Waals surface area contributed by atoms with Gasteiger partial charge in [-0.25, -0.2) is 0 Å². The van der Waals surface area contributed by atoms with E-state index in [0.29, 0.717) is 19.5 Å². The largest absolute Gasteiger partial charge is 0.355 e. The summed E-state index contributed by atoms with van der Waals surface area (Å²) in [5.74, 6) is 2.45. The first-order valence-electron chi connectivity index (χ1n) is 29.0. The van der Waals surface area contributed by atoms with Crippen LogP contribution in [0.4, 0.5) is 5.00 Å². The molecule has 0 radical (unpaired) electrons. The van der Waals surface area contributed by atoms with E-state index in [4.69, 9.17) is 20.1 Å². The van der Waals surface area contributed by atoms with Crippen molar-refractivity contribution in [3.63, 3.8) is 0 Å². The number of aryl methyl sites for hydroxylation is 5. The SMILES string of the molecule is Cc1ccc(C2=NC(NCNC(=O)CCCN3CCN(C)CC3)C3=NC(C)CC=C(CCc4ccc(C5=NC(CNCC(=O)NCCCN6CCN(C)CC6)c6nnc(C)n6-c6sc(C)c(C)c65)cc4)N3c3sc(C)c(C)c32)cc1. The van der Waals surface area contributed by atoms with E-state index in [-0.39, 0.29) is 37.1 Å². The molecule has 0 aliphatic carbocycles. The van der Waals surface area contributed by atoms with Gasteiger partial charge in [0.1, 0.15) is 27.7 Å². The highest BCUT2D eigenvalue weighted by atomic mass is 32.1. The van der Waals surface area contributed by atoms with Crippen LogP contribution < -0.4 is 26.2 Å². The lowest BCUT2D eigenvalue weighted by Gasteiger charge is -2.32. The number of carbonyl (C=O) groups excluding carboxylic acids is 2. The lowest BCUT2D eigenvalue weighted by molar-refractivity contribution is -0.121. The van der Waals surface area contributed by atoms with Crippen molar-refractivity contribution in [2.75, 3.05) is 111 Å². The van der Waals surface area contributed by atoms with Crippen molar-refractivity contribution in [3.05, 3.63) is 126 Å². The average molecular weight is 1120 g/mol. The van der Waals surface area contributed by atoms with Gasteiger partial charge in [0.05, 0.1) is 30.7 Å². The summed E-state index contributed by atoms with van der Waals surface area (Å²) in [7, 11) is 4.34. The number of nitrogens with one attached hydrogen (secondary N) is 4. The van der Waals surface area contributed by atoms with E-state index in [0.717, 1.165) is 159 Å². The third-order valence-electron chi connectivity index (χ3n) is 16.6. The van der Waals surface area contributed by atoms with Crippen LogP contribution in [0.5, 0.6) is 0 Å². The van der Waals surface area contributed by atoms with E-state index < -0.39 is 6.17 Å². The number of hydrogen-bond donors (Lipinski definition) is 4. The van der Waals surface area contributed by atoms with Gasteiger partial charge >= 0.3 is 0 Å². The number of hydrogen-bond acceptors (Lipinski definition) is 16. The van der Waals surface area contributed by atoms with Crippen LogP contribution in [-0.4, -0.2) is 181 Å². The molecule has 5 aliphatic rings. The second-order valence-electron chi connectivity index (χ2n) is 22.6. The number of amides is 2. The van der Waals surface area contributed by atoms with Crippen LogP contribution in [0.3, 0.4) is 0 Å². The molecule has 0 saturated carbocycles. The lowest BCUT2D eigenvalue weighted by Crippen LogP contribution is -2.48. The number of nitrogens with zero attached hydrogens (tertiary/aromatic N) is 11. The number of rotatable bonds is 20. The molecular weight excluding hydrogens is 1040 g/mol. The number of likely N-dealkylation sites (N-methyl/N-ethyl adjacent to an activating group) is 2. The number of carbonyl (C=O) groups is 2. The van der Waals surface area contributed by atoms with Gasteiger partial charge in [0.25, 0.3) is 0 Å². The number of anilines is 1. The molecule has 2 aromatic carbocycles. The van der Waals surface area contributed by atoms with E-state index in [1.165, 1.54) is 37.7 Å². The number of aliphatic imine (C=N–C) groups is 3. The molecule has 426 valence electrons. The van der Waals surface area contributed by atoms with E-state index in [1.807, 2.05) is 6.92 Å². The summed E-state index contributed by atoms with van der Waals surface area (Å²) in [5, 5.41) is 24.9. The zero-order chi connectivity index (χ0) is 56.0. The van der Waals surface area contributed by atoms with Crippen molar-refractivity contribution in [2.45, 2.75) is 105 Å². The molecule has 3 aromatic heterocycles. The summed E-state index contributed by atoms with van der Waals surface area (Å²) >= 11 is 3.55. The molecule has 19 heteroatoms. The van der Waals surface area contributed by atoms with Crippen LogP contribution in [0, 0.1) is 41.5 Å². The minimum atomic E-state index is -0.524. The predicted molar refractivity (Wildman–Crippen MR) is 327 cm³/mol. The summed E-state index contributed by atoms with van der Waals surface area (Å²) in [5.41, 5.74) is 12.2. The number of allylic oxidation sites excluding steroid dienone is 1. The van der Waals surface area contributed by atoms with Gasteiger partial charge < -0.3 is 35.6 Å². The Morgan fingerprint density at radius 1 is 0.675 bits per heavy atom. The number of amidine groups is 1. The molecule has 3 atom stereocenters. The minimum Gasteiger partial charge on any atom is -0.355 e. The standard InChI is InChI=1S/C61H83N15O2S2/c1-39-13-19-47(20-14-39)56-54-42(4)44(6)80-61(54)76-49(23-15-40(2)66-59(76)57(68-56)65-38-64-51(77)12-10-26-73-32-28-71(8)29-33-73)24-18-46-16-21-48(22-17-46)55-53-41(3)43(5)79-60(53)75-45(7)69-70-58(75)50(67-55)36-62-37-52(78)63-25-11-27-74-34-30-72(9)31-35-74/h13-14,16-17,19-23,40,50,57,62,65H,10-12,15,18,24-38H2,1-9H3,(H,63,78)(H,64,77). The van der Waals surface area contributed by atoms with Crippen molar-refractivity contribution in [1.29, 1.82) is 0 Å². The highest BCUT2D eigenvalue weighted by Crippen LogP contribution is 2.43. The van der Waals surface area contributed by atoms with Crippen molar-refractivity contribution in [2.24, 2.45) is 15.0 Å². The molecule has 5 aliphatic heterocycles. The Bertz CT molecular complexity index is 3120. The summed E-state index contributed by atoms with van der Waals surface area (Å²) in [4.78, 5) is 57.6. The van der Waals surface area contributed by atoms with Crippen LogP contribution in [0.1, 0.15) is 111 Å². The molecule has 5 aromatic rings. The van der Waals surface area contributed by atoms with Gasteiger partial charge in [0, 0.05) is 110 Å². The van der Waals surface area contributed by atoms with E-state index >= 15 is 0 Å². The van der Waals surface area contributed by atoms with Gasteiger partial charge in [-0.05, 0) is 124 Å². The fraction of sp³-hybridized carbons (Fsp3) is 0.525. The van der Waals surface area contributed by atoms with Crippen molar-refractivity contribution < 1.29 is 9.59 Å². The molecule has 2 fully saturated rings. The first-order chi connectivity index (χ1) is 38.7. The summed E-state index contributed by atoms with van der Waals surface area (Å²) in [6.45, 7) is 27.1. The molecule has 3 unspecified atom stereocenters. The van der Waals surface area contributed by atoms with Crippen molar-refractivity contribution >= 4 is 56.7 Å². The Morgan fingerprint density at radius 3 is 1.96 bits per heavy atom. The van der Waals surface area contributed by atoms with Gasteiger partial charge in [0.2, 0.25) is 11.8 Å². The Labute approximate surface area is 481 Å². The average Bonchev–Trinajstić information content (AvgIpc) is 4.19. The zero-order valence-electron chi connectivity index (χ0n) is 48.6. The molecule has 0 bridgehead atoms. The lowest BCUT2D eigenvalue weighted by atomic mass is 9.97. The van der Waals surface area contributed by atoms with Crippen LogP contribution >= 0.6 is 22.7 Å². The van der Waals surface area contributed by atoms with Gasteiger partial charge in [-0.1, -0.05) is 60.2 Å². The normalized spacial score (nSPS) is 20.1. The summed E-state index contributed by atoms with van der Waals surface area (Å²) in [6.07, 6.45) is 6.47. The molecule has 2 saturated heterocycles. The van der Waals surface area contributed by atoms with E-state index in [9.17, 15) is 9.59 Å². The predicted octanol–water partition coefficient (Wildman–Crippen LogP) is 6.86. The fourth-order valence-electron chi connectivity index (χ4n) is 11.4. The van der Waals surface area contributed by atoms with E-state index in [1.54, 1.807) is 22.7 Å². The fourth-order valence-corrected chi connectivity index (χ4v) is 13.8. The molecule has 2 amide bonds. The quantitative estimate of drug-likeness (QED) is 0.0476. The zero-order valence-corrected chi connectivity index (χ0v) is 50.3. The van der Waals surface area contributed by atoms with Crippen LogP contribution in [0.25, 0.3) is 5.00 Å². The second-order valence-corrected chi connectivity index (χ2v) is 25.0. The van der Waals surface area contributed by atoms with Crippen molar-refractivity contribution in [1.82, 2.24) is 55.6 Å². The Kier molecular flexibility index (Phi) is 18.7. The third-order valence-corrected chi connectivity index (χ3v) is 19.0. The van der Waals surface area contributed by atoms with Crippen molar-refractivity contribution in [3.8, 4) is 5.00 Å². The van der Waals surface area contributed by atoms with Gasteiger partial charge in [-0.3, -0.25) is 39.4 Å². The Morgan fingerprint density at radius 2 is 1.29 bits per heavy atom. The number of benzene rings is 2. The highest BCUT2D eigenvalue weighted by Gasteiger charge is 2.37. The summed E-state index contributed by atoms with van der Waals surface area (Å²) < 4.78 is 2.17. The van der Waals surface area contributed by atoms with Gasteiger partial charge in [-0.15, -0.1) is 32.9 Å². The van der Waals surface area contributed by atoms with Gasteiger partial charge in [-0.2, -0.15) is 0 Å². The maximum Gasteiger partial charge on any atom is 0.233 e. The molecule has 17 nitrogen and oxygen atoms in total. The van der Waals surface area contributed by atoms with Crippen LogP contribution in [0.2, 0.25) is 0 Å². The van der Waals surface area contributed by atoms with Gasteiger partial charge in [0.15, 0.2) is 12.0 Å². The molecule has 0 spiro atoms. The third kappa shape index (κ3) is 13.3. The molecule has 4 N–H and O–H groups in total. The smallest absolute Gasteiger partial charge is 0.233 e. The monoisotopic (exact) mass is 1120 g/mol. The maximum absolute atomic E-state index is 13.3. The highest BCUT2D eigenvalue weighted by molar-refractivity contribution is 7.17. The first-order valence-corrected chi connectivity index (χ1v) is 30.6. The topological polar surface area (TPSA) is 166 Å². The van der Waals surface area contributed by atoms with Crippen LogP contribution in [0.15, 0.2) is 75.3 Å². The second kappa shape index (κ2) is 26.0. The maximum atomic E-state index is 13.3. The number of fused-ring (bicyclic) bond motifs is 6. The number of thiophene rings is 2. The number of piperazine rings is 2. The number of aromatic nitrogens is 3. The summed E-state index contributed by atoms with van der Waals surface area (Å²) in [6, 6.07) is 17.3. The minimum absolute atomic E-state index is 0.0178. The molecule has 8 heterocycles. The Hall–Kier alpha value is -5.77. The molecular formula is C61H83N15O2S2. The molecule has 10 rings (SSSR count). The van der Waals surface area contributed by atoms with Crippen LogP contribution in [-0.2, 0) is 16.0 Å². The first kappa shape index (κ1) is 57.5. The molecule has 80 heavy (non-hydrogen) atoms.